The molecule has 0 saturated heterocycles. The summed E-state index contributed by atoms with van der Waals surface area (Å²) in [6.07, 6.45) is 2.80. The summed E-state index contributed by atoms with van der Waals surface area (Å²) in [5.41, 5.74) is 6.08. The van der Waals surface area contributed by atoms with Crippen LogP contribution in [0, 0.1) is 0 Å². The first-order valence-corrected chi connectivity index (χ1v) is 6.94. The van der Waals surface area contributed by atoms with Crippen LogP contribution in [-0.2, 0) is 0 Å². The van der Waals surface area contributed by atoms with Crippen LogP contribution in [0.5, 0.6) is 5.75 Å². The smallest absolute Gasteiger partial charge is 0.265 e. The average Bonchev–Trinajstić information content (AvgIpc) is 2.93. The van der Waals surface area contributed by atoms with Crippen molar-refractivity contribution in [2.75, 3.05) is 18.2 Å². The number of fused-ring (bicyclic) bond motifs is 1. The van der Waals surface area contributed by atoms with Gasteiger partial charge in [0.2, 0.25) is 0 Å². The number of anilines is 2. The van der Waals surface area contributed by atoms with E-state index in [1.165, 1.54) is 23.9 Å². The third-order valence-electron chi connectivity index (χ3n) is 2.94. The highest BCUT2D eigenvalue weighted by molar-refractivity contribution is 7.21. The molecule has 0 atom stereocenters. The van der Waals surface area contributed by atoms with Crippen LogP contribution in [-0.4, -0.2) is 23.0 Å². The molecule has 1 amide bonds. The standard InChI is InChI=1S/C14H12N4O2S/c1-20-10-4-2-3-8-5-11(21-12(8)10)14(19)18-9-6-16-7-17-13(9)15/h2-7H,1H3,(H,18,19)(H2,15,16,17). The molecule has 0 spiro atoms. The molecule has 0 aliphatic heterocycles. The summed E-state index contributed by atoms with van der Waals surface area (Å²) in [5.74, 6) is 0.732. The molecule has 3 rings (SSSR count). The van der Waals surface area contributed by atoms with E-state index in [-0.39, 0.29) is 11.7 Å². The molecule has 21 heavy (non-hydrogen) atoms. The van der Waals surface area contributed by atoms with Gasteiger partial charge >= 0.3 is 0 Å². The van der Waals surface area contributed by atoms with E-state index < -0.39 is 0 Å². The first-order chi connectivity index (χ1) is 10.2. The molecule has 0 fully saturated rings. The van der Waals surface area contributed by atoms with E-state index >= 15 is 0 Å². The Labute approximate surface area is 124 Å². The molecular weight excluding hydrogens is 288 g/mol. The number of nitrogen functional groups attached to an aromatic ring is 1. The SMILES string of the molecule is COc1cccc2cc(C(=O)Nc3cncnc3N)sc12. The maximum Gasteiger partial charge on any atom is 0.265 e. The van der Waals surface area contributed by atoms with Crippen molar-refractivity contribution >= 4 is 38.8 Å². The fraction of sp³-hybridized carbons (Fsp3) is 0.0714. The molecule has 0 aliphatic rings. The molecule has 2 aromatic heterocycles. The number of rotatable bonds is 3. The van der Waals surface area contributed by atoms with Crippen LogP contribution >= 0.6 is 11.3 Å². The molecule has 0 radical (unpaired) electrons. The fourth-order valence-electron chi connectivity index (χ4n) is 1.93. The number of hydrogen-bond acceptors (Lipinski definition) is 6. The number of amides is 1. The zero-order valence-corrected chi connectivity index (χ0v) is 12.0. The number of nitrogens with two attached hydrogens (primary N) is 1. The minimum absolute atomic E-state index is 0.233. The molecule has 2 heterocycles. The molecule has 0 unspecified atom stereocenters. The van der Waals surface area contributed by atoms with Gasteiger partial charge in [0, 0.05) is 0 Å². The van der Waals surface area contributed by atoms with E-state index in [2.05, 4.69) is 15.3 Å². The molecule has 0 saturated carbocycles. The van der Waals surface area contributed by atoms with E-state index in [1.54, 1.807) is 7.11 Å². The average molecular weight is 300 g/mol. The summed E-state index contributed by atoms with van der Waals surface area (Å²) >= 11 is 1.36. The van der Waals surface area contributed by atoms with Gasteiger partial charge < -0.3 is 15.8 Å². The first-order valence-electron chi connectivity index (χ1n) is 6.12. The predicted octanol–water partition coefficient (Wildman–Crippen LogP) is 2.53. The summed E-state index contributed by atoms with van der Waals surface area (Å²) in [4.78, 5) is 20.5. The van der Waals surface area contributed by atoms with Gasteiger partial charge in [-0.15, -0.1) is 11.3 Å². The second-order valence-corrected chi connectivity index (χ2v) is 5.32. The summed E-state index contributed by atoms with van der Waals surface area (Å²) in [5, 5.41) is 3.67. The van der Waals surface area contributed by atoms with Crippen LogP contribution in [0.3, 0.4) is 0 Å². The second-order valence-electron chi connectivity index (χ2n) is 4.27. The van der Waals surface area contributed by atoms with E-state index in [1.807, 2.05) is 24.3 Å². The van der Waals surface area contributed by atoms with Gasteiger partial charge in [-0.05, 0) is 17.5 Å². The van der Waals surface area contributed by atoms with Crippen molar-refractivity contribution < 1.29 is 9.53 Å². The van der Waals surface area contributed by atoms with Crippen molar-refractivity contribution in [3.8, 4) is 5.75 Å². The third-order valence-corrected chi connectivity index (χ3v) is 4.11. The Bertz CT molecular complexity index is 816. The monoisotopic (exact) mass is 300 g/mol. The molecule has 3 aromatic rings. The fourth-order valence-corrected chi connectivity index (χ4v) is 2.97. The number of carbonyl (C=O) groups excluding carboxylic acids is 1. The zero-order valence-electron chi connectivity index (χ0n) is 11.2. The molecule has 7 heteroatoms. The van der Waals surface area contributed by atoms with Gasteiger partial charge in [-0.25, -0.2) is 9.97 Å². The lowest BCUT2D eigenvalue weighted by Crippen LogP contribution is -2.12. The number of methoxy groups -OCH3 is 1. The maximum absolute atomic E-state index is 12.3. The van der Waals surface area contributed by atoms with Crippen molar-refractivity contribution in [2.45, 2.75) is 0 Å². The molecule has 6 nitrogen and oxygen atoms in total. The highest BCUT2D eigenvalue weighted by atomic mass is 32.1. The molecular formula is C14H12N4O2S. The van der Waals surface area contributed by atoms with E-state index in [9.17, 15) is 4.79 Å². The largest absolute Gasteiger partial charge is 0.495 e. The molecule has 0 aliphatic carbocycles. The third kappa shape index (κ3) is 2.50. The Morgan fingerprint density at radius 3 is 3.05 bits per heavy atom. The van der Waals surface area contributed by atoms with Crippen LogP contribution in [0.25, 0.3) is 10.1 Å². The predicted molar refractivity (Wildman–Crippen MR) is 82.8 cm³/mol. The van der Waals surface area contributed by atoms with Gasteiger partial charge in [0.1, 0.15) is 17.8 Å². The van der Waals surface area contributed by atoms with Gasteiger partial charge in [0.15, 0.2) is 5.82 Å². The summed E-state index contributed by atoms with van der Waals surface area (Å²) < 4.78 is 6.23. The number of nitrogens with zero attached hydrogens (tertiary/aromatic N) is 2. The van der Waals surface area contributed by atoms with Crippen molar-refractivity contribution in [3.05, 3.63) is 41.7 Å². The number of ether oxygens (including phenoxy) is 1. The topological polar surface area (TPSA) is 90.1 Å². The summed E-state index contributed by atoms with van der Waals surface area (Å²) in [7, 11) is 1.61. The quantitative estimate of drug-likeness (QED) is 0.775. The number of aromatic nitrogens is 2. The lowest BCUT2D eigenvalue weighted by atomic mass is 10.2. The summed E-state index contributed by atoms with van der Waals surface area (Å²) in [6.45, 7) is 0. The van der Waals surface area contributed by atoms with E-state index in [0.29, 0.717) is 10.6 Å². The second kappa shape index (κ2) is 5.37. The van der Waals surface area contributed by atoms with E-state index in [4.69, 9.17) is 10.5 Å². The Balaban J connectivity index is 1.93. The lowest BCUT2D eigenvalue weighted by molar-refractivity contribution is 0.103. The highest BCUT2D eigenvalue weighted by Crippen LogP contribution is 2.33. The van der Waals surface area contributed by atoms with Crippen molar-refractivity contribution in [1.29, 1.82) is 0 Å². The Morgan fingerprint density at radius 2 is 2.29 bits per heavy atom. The Hall–Kier alpha value is -2.67. The Morgan fingerprint density at radius 1 is 1.43 bits per heavy atom. The normalized spacial score (nSPS) is 10.5. The van der Waals surface area contributed by atoms with Crippen LogP contribution in [0.1, 0.15) is 9.67 Å². The number of carbonyl (C=O) groups is 1. The van der Waals surface area contributed by atoms with Gasteiger partial charge in [-0.2, -0.15) is 0 Å². The minimum Gasteiger partial charge on any atom is -0.495 e. The Kier molecular flexibility index (Phi) is 3.41. The maximum atomic E-state index is 12.3. The number of hydrogen-bond donors (Lipinski definition) is 2. The van der Waals surface area contributed by atoms with Crippen LogP contribution in [0.15, 0.2) is 36.8 Å². The number of thiophene rings is 1. The molecule has 0 bridgehead atoms. The number of nitrogens with one attached hydrogen (secondary N) is 1. The zero-order chi connectivity index (χ0) is 14.8. The van der Waals surface area contributed by atoms with E-state index in [0.717, 1.165) is 15.8 Å². The number of benzene rings is 1. The van der Waals surface area contributed by atoms with Gasteiger partial charge in [-0.1, -0.05) is 12.1 Å². The van der Waals surface area contributed by atoms with Crippen LogP contribution in [0.4, 0.5) is 11.5 Å². The van der Waals surface area contributed by atoms with Gasteiger partial charge in [-0.3, -0.25) is 4.79 Å². The first kappa shape index (κ1) is 13.3. The van der Waals surface area contributed by atoms with Gasteiger partial charge in [0.05, 0.1) is 22.9 Å². The molecule has 106 valence electrons. The van der Waals surface area contributed by atoms with Crippen molar-refractivity contribution in [3.63, 3.8) is 0 Å². The van der Waals surface area contributed by atoms with Gasteiger partial charge in [0.25, 0.3) is 5.91 Å². The highest BCUT2D eigenvalue weighted by Gasteiger charge is 2.14. The van der Waals surface area contributed by atoms with Crippen LogP contribution in [0.2, 0.25) is 0 Å². The van der Waals surface area contributed by atoms with Crippen molar-refractivity contribution in [1.82, 2.24) is 9.97 Å². The lowest BCUT2D eigenvalue weighted by Gasteiger charge is -2.04. The van der Waals surface area contributed by atoms with Crippen LogP contribution < -0.4 is 15.8 Å². The molecule has 1 aromatic carbocycles. The minimum atomic E-state index is -0.250. The summed E-state index contributed by atoms with van der Waals surface area (Å²) in [6, 6.07) is 7.51. The molecule has 3 N–H and O–H groups in total. The van der Waals surface area contributed by atoms with Crippen molar-refractivity contribution in [2.24, 2.45) is 0 Å².